The molecule has 1 saturated heterocycles. The minimum absolute atomic E-state index is 0.156. The van der Waals surface area contributed by atoms with Gasteiger partial charge in [0.15, 0.2) is 0 Å². The zero-order valence-corrected chi connectivity index (χ0v) is 12.7. The Morgan fingerprint density at radius 3 is 2.89 bits per heavy atom. The van der Waals surface area contributed by atoms with Crippen LogP contribution in [0.3, 0.4) is 0 Å². The number of nitrogens with zero attached hydrogens (tertiary/aromatic N) is 1. The van der Waals surface area contributed by atoms with Crippen molar-refractivity contribution in [2.24, 2.45) is 5.84 Å². The van der Waals surface area contributed by atoms with Gasteiger partial charge in [-0.2, -0.15) is 11.8 Å². The molecule has 0 spiro atoms. The van der Waals surface area contributed by atoms with Crippen LogP contribution >= 0.6 is 11.8 Å². The summed E-state index contributed by atoms with van der Waals surface area (Å²) in [4.78, 5) is 2.39. The standard InChI is InChI=1S/C14H23N3OS/c1-10-8-11(18-3)4-5-12(10)14(16-15)13-9-19-7-6-17(13)2/h4-5,8,13-14,16H,6-7,9,15H2,1-3H3. The first kappa shape index (κ1) is 14.7. The lowest BCUT2D eigenvalue weighted by Gasteiger charge is -2.38. The van der Waals surface area contributed by atoms with Crippen LogP contribution in [0.5, 0.6) is 5.75 Å². The summed E-state index contributed by atoms with van der Waals surface area (Å²) in [6.45, 7) is 3.22. The zero-order valence-electron chi connectivity index (χ0n) is 11.8. The van der Waals surface area contributed by atoms with Gasteiger partial charge in [-0.05, 0) is 37.2 Å². The quantitative estimate of drug-likeness (QED) is 0.648. The van der Waals surface area contributed by atoms with Crippen LogP contribution in [0.2, 0.25) is 0 Å². The van der Waals surface area contributed by atoms with E-state index in [2.05, 4.69) is 36.4 Å². The summed E-state index contributed by atoms with van der Waals surface area (Å²) in [5.41, 5.74) is 5.47. The number of aryl methyl sites for hydroxylation is 1. The highest BCUT2D eigenvalue weighted by Crippen LogP contribution is 2.29. The highest BCUT2D eigenvalue weighted by atomic mass is 32.2. The normalized spacial score (nSPS) is 22.2. The van der Waals surface area contributed by atoms with E-state index >= 15 is 0 Å². The van der Waals surface area contributed by atoms with E-state index in [0.717, 1.165) is 18.0 Å². The average molecular weight is 281 g/mol. The maximum absolute atomic E-state index is 5.82. The second-order valence-corrected chi connectivity index (χ2v) is 6.14. The highest BCUT2D eigenvalue weighted by Gasteiger charge is 2.29. The van der Waals surface area contributed by atoms with Crippen LogP contribution in [-0.2, 0) is 0 Å². The minimum atomic E-state index is 0.156. The Morgan fingerprint density at radius 1 is 1.53 bits per heavy atom. The molecule has 0 aliphatic carbocycles. The van der Waals surface area contributed by atoms with Crippen LogP contribution in [0, 0.1) is 6.92 Å². The molecule has 106 valence electrons. The van der Waals surface area contributed by atoms with Crippen molar-refractivity contribution in [1.82, 2.24) is 10.3 Å². The van der Waals surface area contributed by atoms with Crippen molar-refractivity contribution in [1.29, 1.82) is 0 Å². The fourth-order valence-corrected chi connectivity index (χ4v) is 3.86. The third-order valence-electron chi connectivity index (χ3n) is 3.82. The van der Waals surface area contributed by atoms with Gasteiger partial charge in [0.25, 0.3) is 0 Å². The largest absolute Gasteiger partial charge is 0.497 e. The summed E-state index contributed by atoms with van der Waals surface area (Å²) >= 11 is 2.00. The van der Waals surface area contributed by atoms with Crippen molar-refractivity contribution < 1.29 is 4.74 Å². The smallest absolute Gasteiger partial charge is 0.119 e. The second kappa shape index (κ2) is 6.61. The number of likely N-dealkylation sites (N-methyl/N-ethyl adjacent to an activating group) is 1. The molecule has 3 N–H and O–H groups in total. The first-order valence-electron chi connectivity index (χ1n) is 6.56. The number of hydrogen-bond donors (Lipinski definition) is 2. The molecule has 1 aliphatic heterocycles. The van der Waals surface area contributed by atoms with Gasteiger partial charge in [0.2, 0.25) is 0 Å². The molecule has 2 atom stereocenters. The molecule has 1 aliphatic rings. The number of thioether (sulfide) groups is 1. The molecule has 1 heterocycles. The molecule has 5 heteroatoms. The van der Waals surface area contributed by atoms with Crippen LogP contribution in [0.4, 0.5) is 0 Å². The molecule has 1 aromatic rings. The van der Waals surface area contributed by atoms with Gasteiger partial charge in [0.05, 0.1) is 13.2 Å². The number of methoxy groups -OCH3 is 1. The fraction of sp³-hybridized carbons (Fsp3) is 0.571. The Hall–Kier alpha value is -0.750. The maximum atomic E-state index is 5.82. The number of benzene rings is 1. The molecule has 2 rings (SSSR count). The van der Waals surface area contributed by atoms with Gasteiger partial charge < -0.3 is 4.74 Å². The molecule has 0 saturated carbocycles. The molecule has 1 fully saturated rings. The predicted octanol–water partition coefficient (Wildman–Crippen LogP) is 1.56. The van der Waals surface area contributed by atoms with Gasteiger partial charge >= 0.3 is 0 Å². The van der Waals surface area contributed by atoms with Crippen molar-refractivity contribution in [2.45, 2.75) is 19.0 Å². The molecule has 0 radical (unpaired) electrons. The topological polar surface area (TPSA) is 50.5 Å². The average Bonchev–Trinajstić information content (AvgIpc) is 2.43. The summed E-state index contributed by atoms with van der Waals surface area (Å²) in [7, 11) is 3.87. The molecule has 4 nitrogen and oxygen atoms in total. The van der Waals surface area contributed by atoms with Crippen molar-refractivity contribution in [2.75, 3.05) is 32.2 Å². The fourth-order valence-electron chi connectivity index (χ4n) is 2.59. The molecule has 0 aromatic heterocycles. The van der Waals surface area contributed by atoms with Gasteiger partial charge in [-0.1, -0.05) is 6.07 Å². The summed E-state index contributed by atoms with van der Waals surface area (Å²) < 4.78 is 5.26. The number of ether oxygens (including phenoxy) is 1. The monoisotopic (exact) mass is 281 g/mol. The summed E-state index contributed by atoms with van der Waals surface area (Å²) in [6, 6.07) is 6.77. The Labute approximate surface area is 119 Å². The Bertz CT molecular complexity index is 427. The van der Waals surface area contributed by atoms with Crippen molar-refractivity contribution in [3.05, 3.63) is 29.3 Å². The Balaban J connectivity index is 2.25. The third kappa shape index (κ3) is 3.23. The lowest BCUT2D eigenvalue weighted by atomic mass is 9.95. The van der Waals surface area contributed by atoms with E-state index in [9.17, 15) is 0 Å². The number of hydrazine groups is 1. The van der Waals surface area contributed by atoms with E-state index < -0.39 is 0 Å². The van der Waals surface area contributed by atoms with Crippen molar-refractivity contribution in [3.8, 4) is 5.75 Å². The van der Waals surface area contributed by atoms with Crippen LogP contribution < -0.4 is 16.0 Å². The summed E-state index contributed by atoms with van der Waals surface area (Å²) in [5, 5.41) is 0. The lowest BCUT2D eigenvalue weighted by molar-refractivity contribution is 0.216. The van der Waals surface area contributed by atoms with Crippen molar-refractivity contribution in [3.63, 3.8) is 0 Å². The van der Waals surface area contributed by atoms with E-state index in [1.165, 1.54) is 16.9 Å². The second-order valence-electron chi connectivity index (χ2n) is 4.99. The summed E-state index contributed by atoms with van der Waals surface area (Å²) in [6.07, 6.45) is 0. The van der Waals surface area contributed by atoms with Crippen molar-refractivity contribution >= 4 is 11.8 Å². The van der Waals surface area contributed by atoms with Gasteiger partial charge in [0.1, 0.15) is 5.75 Å². The highest BCUT2D eigenvalue weighted by molar-refractivity contribution is 7.99. The zero-order chi connectivity index (χ0) is 13.8. The molecular formula is C14H23N3OS. The first-order valence-corrected chi connectivity index (χ1v) is 7.71. The molecule has 2 unspecified atom stereocenters. The van der Waals surface area contributed by atoms with Crippen LogP contribution in [-0.4, -0.2) is 43.1 Å². The molecule has 0 amide bonds. The van der Waals surface area contributed by atoms with E-state index in [0.29, 0.717) is 6.04 Å². The van der Waals surface area contributed by atoms with Gasteiger partial charge in [-0.3, -0.25) is 16.2 Å². The lowest BCUT2D eigenvalue weighted by Crippen LogP contribution is -2.49. The van der Waals surface area contributed by atoms with Gasteiger partial charge in [-0.25, -0.2) is 0 Å². The summed E-state index contributed by atoms with van der Waals surface area (Å²) in [5.74, 6) is 9.02. The van der Waals surface area contributed by atoms with E-state index in [1.54, 1.807) is 7.11 Å². The number of nitrogens with two attached hydrogens (primary N) is 1. The van der Waals surface area contributed by atoms with E-state index in [1.807, 2.05) is 17.8 Å². The number of nitrogens with one attached hydrogen (secondary N) is 1. The Kier molecular flexibility index (Phi) is 5.10. The Morgan fingerprint density at radius 2 is 2.32 bits per heavy atom. The van der Waals surface area contributed by atoms with Crippen LogP contribution in [0.15, 0.2) is 18.2 Å². The molecule has 19 heavy (non-hydrogen) atoms. The predicted molar refractivity (Wildman–Crippen MR) is 81.5 cm³/mol. The number of rotatable bonds is 4. The van der Waals surface area contributed by atoms with Gasteiger partial charge in [0, 0.05) is 24.1 Å². The molecule has 0 bridgehead atoms. The van der Waals surface area contributed by atoms with Crippen LogP contribution in [0.1, 0.15) is 17.2 Å². The van der Waals surface area contributed by atoms with E-state index in [-0.39, 0.29) is 6.04 Å². The molecule has 1 aromatic carbocycles. The van der Waals surface area contributed by atoms with Crippen LogP contribution in [0.25, 0.3) is 0 Å². The maximum Gasteiger partial charge on any atom is 0.119 e. The van der Waals surface area contributed by atoms with Gasteiger partial charge in [-0.15, -0.1) is 0 Å². The third-order valence-corrected chi connectivity index (χ3v) is 4.87. The molecular weight excluding hydrogens is 258 g/mol. The minimum Gasteiger partial charge on any atom is -0.497 e. The van der Waals surface area contributed by atoms with E-state index in [4.69, 9.17) is 10.6 Å². The SMILES string of the molecule is COc1ccc(C(NN)C2CSCCN2C)c(C)c1. The first-order chi connectivity index (χ1) is 9.17. The number of hydrogen-bond acceptors (Lipinski definition) is 5.